The third kappa shape index (κ3) is 5.54. The number of hydrogen-bond acceptors (Lipinski definition) is 4. The highest BCUT2D eigenvalue weighted by molar-refractivity contribution is 5.97. The quantitative estimate of drug-likeness (QED) is 0.562. The Bertz CT molecular complexity index is 910. The van der Waals surface area contributed by atoms with Gasteiger partial charge in [-0.15, -0.1) is 0 Å². The number of benzene rings is 2. The summed E-state index contributed by atoms with van der Waals surface area (Å²) in [6.07, 6.45) is 0.761. The molecule has 0 aliphatic rings. The monoisotopic (exact) mass is 378 g/mol. The lowest BCUT2D eigenvalue weighted by Crippen LogP contribution is -2.30. The number of hydrogen-bond donors (Lipinski definition) is 1. The summed E-state index contributed by atoms with van der Waals surface area (Å²) in [5.41, 5.74) is 2.27. The zero-order valence-electron chi connectivity index (χ0n) is 16.4. The van der Waals surface area contributed by atoms with E-state index < -0.39 is 0 Å². The molecule has 28 heavy (non-hydrogen) atoms. The van der Waals surface area contributed by atoms with Crippen molar-refractivity contribution < 1.29 is 14.3 Å². The topological polar surface area (TPSA) is 60.5 Å². The van der Waals surface area contributed by atoms with Crippen LogP contribution in [-0.4, -0.2) is 30.1 Å². The Hall–Kier alpha value is -2.92. The molecular formula is C23H26N2O3. The molecule has 146 valence electrons. The minimum atomic E-state index is -0.197. The highest BCUT2D eigenvalue weighted by atomic mass is 16.5. The number of fused-ring (bicyclic) bond motifs is 1. The van der Waals surface area contributed by atoms with Gasteiger partial charge in [0.05, 0.1) is 25.3 Å². The molecule has 0 aliphatic heterocycles. The van der Waals surface area contributed by atoms with Crippen LogP contribution in [-0.2, 0) is 11.3 Å². The van der Waals surface area contributed by atoms with Crippen molar-refractivity contribution in [3.8, 4) is 5.75 Å². The van der Waals surface area contributed by atoms with Crippen molar-refractivity contribution in [1.82, 2.24) is 10.3 Å². The lowest BCUT2D eigenvalue weighted by Gasteiger charge is -2.13. The van der Waals surface area contributed by atoms with E-state index in [1.165, 1.54) is 0 Å². The maximum Gasteiger partial charge on any atom is 0.270 e. The van der Waals surface area contributed by atoms with Crippen LogP contribution in [0.5, 0.6) is 5.75 Å². The summed E-state index contributed by atoms with van der Waals surface area (Å²) in [6.45, 7) is 5.56. The van der Waals surface area contributed by atoms with Crippen LogP contribution in [0.1, 0.15) is 36.3 Å². The van der Waals surface area contributed by atoms with Gasteiger partial charge in [0.15, 0.2) is 0 Å². The summed E-state index contributed by atoms with van der Waals surface area (Å²) in [7, 11) is 0. The van der Waals surface area contributed by atoms with Crippen LogP contribution < -0.4 is 10.1 Å². The molecule has 5 nitrogen and oxygen atoms in total. The number of ether oxygens (including phenoxy) is 2. The molecule has 0 saturated carbocycles. The van der Waals surface area contributed by atoms with Crippen LogP contribution >= 0.6 is 0 Å². The lowest BCUT2D eigenvalue weighted by molar-refractivity contribution is 0.0937. The van der Waals surface area contributed by atoms with Gasteiger partial charge in [-0.05, 0) is 31.5 Å². The Kier molecular flexibility index (Phi) is 6.98. The van der Waals surface area contributed by atoms with E-state index in [0.717, 1.165) is 22.9 Å². The summed E-state index contributed by atoms with van der Waals surface area (Å²) in [4.78, 5) is 16.8. The summed E-state index contributed by atoms with van der Waals surface area (Å²) in [5, 5.41) is 3.77. The molecule has 0 unspecified atom stereocenters. The molecule has 1 N–H and O–H groups in total. The first kappa shape index (κ1) is 19.8. The number of carbonyl (C=O) groups excluding carboxylic acids is 1. The van der Waals surface area contributed by atoms with Crippen molar-refractivity contribution >= 4 is 16.8 Å². The average molecular weight is 378 g/mol. The number of nitrogens with one attached hydrogen (secondary N) is 1. The smallest absolute Gasteiger partial charge is 0.270 e. The zero-order chi connectivity index (χ0) is 19.8. The summed E-state index contributed by atoms with van der Waals surface area (Å²) < 4.78 is 11.7. The van der Waals surface area contributed by atoms with E-state index in [4.69, 9.17) is 9.47 Å². The van der Waals surface area contributed by atoms with Gasteiger partial charge in [0.2, 0.25) is 0 Å². The van der Waals surface area contributed by atoms with Gasteiger partial charge in [-0.25, -0.2) is 4.98 Å². The first-order chi connectivity index (χ1) is 13.6. The molecule has 1 aromatic heterocycles. The summed E-state index contributed by atoms with van der Waals surface area (Å²) >= 11 is 0. The molecule has 0 fully saturated rings. The van der Waals surface area contributed by atoms with E-state index >= 15 is 0 Å². The molecule has 0 aliphatic carbocycles. The van der Waals surface area contributed by atoms with Gasteiger partial charge >= 0.3 is 0 Å². The third-order valence-corrected chi connectivity index (χ3v) is 4.13. The Balaban J connectivity index is 1.59. The highest BCUT2D eigenvalue weighted by Gasteiger charge is 2.13. The molecule has 5 heteroatoms. The van der Waals surface area contributed by atoms with Gasteiger partial charge in [0, 0.05) is 23.9 Å². The largest absolute Gasteiger partial charge is 0.493 e. The minimum Gasteiger partial charge on any atom is -0.493 e. The fourth-order valence-corrected chi connectivity index (χ4v) is 2.82. The van der Waals surface area contributed by atoms with E-state index in [1.807, 2.05) is 68.4 Å². The molecule has 1 heterocycles. The van der Waals surface area contributed by atoms with E-state index in [0.29, 0.717) is 31.3 Å². The average Bonchev–Trinajstić information content (AvgIpc) is 2.70. The van der Waals surface area contributed by atoms with Gasteiger partial charge in [0.1, 0.15) is 11.4 Å². The van der Waals surface area contributed by atoms with Crippen LogP contribution in [0, 0.1) is 0 Å². The maximum absolute atomic E-state index is 12.4. The zero-order valence-corrected chi connectivity index (χ0v) is 16.4. The second kappa shape index (κ2) is 9.85. The van der Waals surface area contributed by atoms with Crippen LogP contribution in [0.3, 0.4) is 0 Å². The van der Waals surface area contributed by atoms with Crippen LogP contribution in [0.4, 0.5) is 0 Å². The highest BCUT2D eigenvalue weighted by Crippen LogP contribution is 2.25. The predicted octanol–water partition coefficient (Wildman–Crippen LogP) is 4.36. The van der Waals surface area contributed by atoms with E-state index in [9.17, 15) is 4.79 Å². The minimum absolute atomic E-state index is 0.0481. The second-order valence-corrected chi connectivity index (χ2v) is 6.89. The Morgan fingerprint density at radius 2 is 1.79 bits per heavy atom. The van der Waals surface area contributed by atoms with E-state index in [1.54, 1.807) is 6.07 Å². The number of nitrogens with zero attached hydrogens (tertiary/aromatic N) is 1. The molecule has 0 bridgehead atoms. The van der Waals surface area contributed by atoms with Gasteiger partial charge < -0.3 is 14.8 Å². The SMILES string of the molecule is CC(C)NC(=O)c1cc(OCCCOCc2ccccc2)c2ccccc2n1. The molecule has 0 atom stereocenters. The fourth-order valence-electron chi connectivity index (χ4n) is 2.82. The molecule has 3 aromatic rings. The first-order valence-corrected chi connectivity index (χ1v) is 9.58. The van der Waals surface area contributed by atoms with Gasteiger partial charge in [-0.3, -0.25) is 4.79 Å². The second-order valence-electron chi connectivity index (χ2n) is 6.89. The maximum atomic E-state index is 12.4. The van der Waals surface area contributed by atoms with Gasteiger partial charge in [-0.2, -0.15) is 0 Å². The van der Waals surface area contributed by atoms with Crippen LogP contribution in [0.2, 0.25) is 0 Å². The van der Waals surface area contributed by atoms with Crippen molar-refractivity contribution in [2.45, 2.75) is 32.9 Å². The normalized spacial score (nSPS) is 11.0. The van der Waals surface area contributed by atoms with Crippen molar-refractivity contribution in [1.29, 1.82) is 0 Å². The molecule has 3 rings (SSSR count). The number of pyridine rings is 1. The number of carbonyl (C=O) groups is 1. The van der Waals surface area contributed by atoms with Crippen molar-refractivity contribution in [3.05, 3.63) is 71.9 Å². The standard InChI is InChI=1S/C23H26N2O3/c1-17(2)24-23(26)21-15-22(19-11-6-7-12-20(19)25-21)28-14-8-13-27-16-18-9-4-3-5-10-18/h3-7,9-12,15,17H,8,13-14,16H2,1-2H3,(H,24,26). The predicted molar refractivity (Wildman–Crippen MR) is 111 cm³/mol. The van der Waals surface area contributed by atoms with Gasteiger partial charge in [-0.1, -0.05) is 42.5 Å². The first-order valence-electron chi connectivity index (χ1n) is 9.58. The number of para-hydroxylation sites is 1. The molecule has 0 radical (unpaired) electrons. The number of amides is 1. The molecule has 1 amide bonds. The van der Waals surface area contributed by atoms with Crippen molar-refractivity contribution in [2.75, 3.05) is 13.2 Å². The molecule has 0 saturated heterocycles. The molecule has 0 spiro atoms. The third-order valence-electron chi connectivity index (χ3n) is 4.13. The van der Waals surface area contributed by atoms with E-state index in [2.05, 4.69) is 10.3 Å². The fraction of sp³-hybridized carbons (Fsp3) is 0.304. The van der Waals surface area contributed by atoms with Crippen molar-refractivity contribution in [3.63, 3.8) is 0 Å². The Morgan fingerprint density at radius 3 is 2.57 bits per heavy atom. The Morgan fingerprint density at radius 1 is 1.04 bits per heavy atom. The summed E-state index contributed by atoms with van der Waals surface area (Å²) in [5.74, 6) is 0.472. The lowest BCUT2D eigenvalue weighted by atomic mass is 10.1. The molecular weight excluding hydrogens is 352 g/mol. The Labute approximate surface area is 165 Å². The van der Waals surface area contributed by atoms with Crippen LogP contribution in [0.25, 0.3) is 10.9 Å². The molecule has 2 aromatic carbocycles. The summed E-state index contributed by atoms with van der Waals surface area (Å²) in [6, 6.07) is 19.5. The van der Waals surface area contributed by atoms with E-state index in [-0.39, 0.29) is 11.9 Å². The van der Waals surface area contributed by atoms with Gasteiger partial charge in [0.25, 0.3) is 5.91 Å². The van der Waals surface area contributed by atoms with Crippen LogP contribution in [0.15, 0.2) is 60.7 Å². The van der Waals surface area contributed by atoms with Crippen molar-refractivity contribution in [2.24, 2.45) is 0 Å². The number of aromatic nitrogens is 1. The number of rotatable bonds is 9.